The van der Waals surface area contributed by atoms with Gasteiger partial charge in [0.05, 0.1) is 13.2 Å². The van der Waals surface area contributed by atoms with Crippen LogP contribution in [0.5, 0.6) is 11.5 Å². The first-order valence-corrected chi connectivity index (χ1v) is 6.66. The average molecular weight is 314 g/mol. The number of aromatic hydroxyl groups is 1. The summed E-state index contributed by atoms with van der Waals surface area (Å²) in [5, 5.41) is 12.1. The summed E-state index contributed by atoms with van der Waals surface area (Å²) < 4.78 is 5.86. The van der Waals surface area contributed by atoms with Crippen LogP contribution in [0.4, 0.5) is 0 Å². The summed E-state index contributed by atoms with van der Waals surface area (Å²) in [5.41, 5.74) is 6.80. The van der Waals surface area contributed by atoms with Gasteiger partial charge in [0.15, 0.2) is 11.5 Å². The third kappa shape index (κ3) is 2.31. The fourth-order valence-electron chi connectivity index (χ4n) is 1.63. The van der Waals surface area contributed by atoms with E-state index in [2.05, 4.69) is 15.9 Å². The van der Waals surface area contributed by atoms with Crippen LogP contribution in [-0.4, -0.2) is 12.2 Å². The number of thiophene rings is 1. The lowest BCUT2D eigenvalue weighted by Crippen LogP contribution is -2.11. The lowest BCUT2D eigenvalue weighted by atomic mass is 10.0. The Bertz CT molecular complexity index is 513. The van der Waals surface area contributed by atoms with Gasteiger partial charge in [-0.2, -0.15) is 0 Å². The number of halogens is 1. The van der Waals surface area contributed by atoms with Crippen LogP contribution >= 0.6 is 27.3 Å². The highest BCUT2D eigenvalue weighted by Crippen LogP contribution is 2.40. The van der Waals surface area contributed by atoms with Gasteiger partial charge in [0, 0.05) is 14.9 Å². The number of benzene rings is 1. The molecule has 90 valence electrons. The predicted molar refractivity (Wildman–Crippen MR) is 72.7 cm³/mol. The number of phenolic OH excluding ortho intramolecular Hbond substituents is 1. The van der Waals surface area contributed by atoms with E-state index >= 15 is 0 Å². The Hall–Kier alpha value is -1.04. The molecule has 0 aliphatic carbocycles. The van der Waals surface area contributed by atoms with Crippen LogP contribution in [0.1, 0.15) is 16.5 Å². The normalized spacial score (nSPS) is 12.4. The van der Waals surface area contributed by atoms with Crippen LogP contribution in [0, 0.1) is 0 Å². The first-order valence-electron chi connectivity index (χ1n) is 4.99. The molecular weight excluding hydrogens is 302 g/mol. The molecule has 1 aromatic carbocycles. The molecule has 0 fully saturated rings. The van der Waals surface area contributed by atoms with Crippen LogP contribution in [0.15, 0.2) is 34.1 Å². The summed E-state index contributed by atoms with van der Waals surface area (Å²) in [6.45, 7) is 0. The maximum Gasteiger partial charge on any atom is 0.164 e. The SMILES string of the molecule is COc1ccc(Br)c([C@H](N)c2cccs2)c1O. The fourth-order valence-corrected chi connectivity index (χ4v) is 2.94. The van der Waals surface area contributed by atoms with Gasteiger partial charge in [0.25, 0.3) is 0 Å². The van der Waals surface area contributed by atoms with E-state index in [4.69, 9.17) is 10.5 Å². The van der Waals surface area contributed by atoms with E-state index < -0.39 is 0 Å². The zero-order chi connectivity index (χ0) is 12.4. The third-order valence-corrected chi connectivity index (χ3v) is 4.15. The molecule has 0 aliphatic rings. The Morgan fingerprint density at radius 3 is 2.76 bits per heavy atom. The minimum atomic E-state index is -0.362. The third-order valence-electron chi connectivity index (χ3n) is 2.51. The molecule has 0 aliphatic heterocycles. The van der Waals surface area contributed by atoms with Gasteiger partial charge in [-0.1, -0.05) is 22.0 Å². The van der Waals surface area contributed by atoms with Crippen LogP contribution in [0.25, 0.3) is 0 Å². The molecule has 3 N–H and O–H groups in total. The second-order valence-corrected chi connectivity index (χ2v) is 5.34. The first kappa shape index (κ1) is 12.4. The topological polar surface area (TPSA) is 55.5 Å². The summed E-state index contributed by atoms with van der Waals surface area (Å²) in [7, 11) is 1.52. The zero-order valence-electron chi connectivity index (χ0n) is 9.18. The molecule has 2 rings (SSSR count). The molecule has 0 radical (unpaired) electrons. The zero-order valence-corrected chi connectivity index (χ0v) is 11.6. The van der Waals surface area contributed by atoms with Gasteiger partial charge in [-0.3, -0.25) is 0 Å². The van der Waals surface area contributed by atoms with Gasteiger partial charge in [0.1, 0.15) is 0 Å². The van der Waals surface area contributed by atoms with Crippen LogP contribution in [0.2, 0.25) is 0 Å². The fraction of sp³-hybridized carbons (Fsp3) is 0.167. The number of methoxy groups -OCH3 is 1. The monoisotopic (exact) mass is 313 g/mol. The molecule has 3 nitrogen and oxygen atoms in total. The molecule has 0 bridgehead atoms. The Morgan fingerprint density at radius 1 is 1.41 bits per heavy atom. The van der Waals surface area contributed by atoms with Crippen LogP contribution in [-0.2, 0) is 0 Å². The van der Waals surface area contributed by atoms with Crippen molar-refractivity contribution in [1.82, 2.24) is 0 Å². The summed E-state index contributed by atoms with van der Waals surface area (Å²) in [5.74, 6) is 0.512. The number of phenols is 1. The van der Waals surface area contributed by atoms with Gasteiger partial charge in [-0.15, -0.1) is 11.3 Å². The molecular formula is C12H12BrNO2S. The molecule has 5 heteroatoms. The van der Waals surface area contributed by atoms with Crippen LogP contribution in [0.3, 0.4) is 0 Å². The minimum absolute atomic E-state index is 0.0859. The maximum atomic E-state index is 10.1. The smallest absolute Gasteiger partial charge is 0.164 e. The highest BCUT2D eigenvalue weighted by Gasteiger charge is 2.20. The number of rotatable bonds is 3. The van der Waals surface area contributed by atoms with Crippen molar-refractivity contribution in [2.45, 2.75) is 6.04 Å². The van der Waals surface area contributed by atoms with Crippen molar-refractivity contribution < 1.29 is 9.84 Å². The average Bonchev–Trinajstić information content (AvgIpc) is 2.82. The largest absolute Gasteiger partial charge is 0.504 e. The predicted octanol–water partition coefficient (Wildman–Crippen LogP) is 3.27. The Morgan fingerprint density at radius 2 is 2.18 bits per heavy atom. The van der Waals surface area contributed by atoms with E-state index in [0.717, 1.165) is 9.35 Å². The number of nitrogens with two attached hydrogens (primary N) is 1. The van der Waals surface area contributed by atoms with Crippen molar-refractivity contribution >= 4 is 27.3 Å². The van der Waals surface area contributed by atoms with E-state index in [1.165, 1.54) is 7.11 Å². The van der Waals surface area contributed by atoms with Gasteiger partial charge in [-0.25, -0.2) is 0 Å². The highest BCUT2D eigenvalue weighted by molar-refractivity contribution is 9.10. The molecule has 17 heavy (non-hydrogen) atoms. The molecule has 1 heterocycles. The first-order chi connectivity index (χ1) is 8.15. The summed E-state index contributed by atoms with van der Waals surface area (Å²) in [6, 6.07) is 7.04. The van der Waals surface area contributed by atoms with Gasteiger partial charge >= 0.3 is 0 Å². The molecule has 0 unspecified atom stereocenters. The van der Waals surface area contributed by atoms with Gasteiger partial charge in [-0.05, 0) is 23.6 Å². The quantitative estimate of drug-likeness (QED) is 0.914. The molecule has 1 atom stereocenters. The van der Waals surface area contributed by atoms with Crippen LogP contribution < -0.4 is 10.5 Å². The standard InChI is InChI=1S/C12H12BrNO2S/c1-16-8-5-4-7(13)10(12(8)15)11(14)9-3-2-6-17-9/h2-6,11,15H,14H2,1H3/t11-/m1/s1. The molecule has 1 aromatic heterocycles. The number of hydrogen-bond donors (Lipinski definition) is 2. The van der Waals surface area contributed by atoms with Gasteiger partial charge < -0.3 is 15.6 Å². The van der Waals surface area contributed by atoms with E-state index in [1.54, 1.807) is 17.4 Å². The molecule has 0 saturated carbocycles. The Labute approximate surface area is 112 Å². The van der Waals surface area contributed by atoms with E-state index in [9.17, 15) is 5.11 Å². The van der Waals surface area contributed by atoms with Crippen molar-refractivity contribution in [3.63, 3.8) is 0 Å². The summed E-state index contributed by atoms with van der Waals surface area (Å²) in [4.78, 5) is 0.995. The minimum Gasteiger partial charge on any atom is -0.504 e. The van der Waals surface area contributed by atoms with Crippen molar-refractivity contribution in [2.24, 2.45) is 5.73 Å². The number of hydrogen-bond acceptors (Lipinski definition) is 4. The lowest BCUT2D eigenvalue weighted by molar-refractivity contribution is 0.369. The molecule has 2 aromatic rings. The second-order valence-electron chi connectivity index (χ2n) is 3.51. The molecule has 0 amide bonds. The maximum absolute atomic E-state index is 10.1. The molecule has 0 spiro atoms. The highest BCUT2D eigenvalue weighted by atomic mass is 79.9. The van der Waals surface area contributed by atoms with Crippen molar-refractivity contribution in [1.29, 1.82) is 0 Å². The van der Waals surface area contributed by atoms with Crippen molar-refractivity contribution in [3.8, 4) is 11.5 Å². The summed E-state index contributed by atoms with van der Waals surface area (Å²) in [6.07, 6.45) is 0. The van der Waals surface area contributed by atoms with E-state index in [1.807, 2.05) is 23.6 Å². The lowest BCUT2D eigenvalue weighted by Gasteiger charge is -2.16. The second kappa shape index (κ2) is 5.08. The molecule has 0 saturated heterocycles. The van der Waals surface area contributed by atoms with Crippen molar-refractivity contribution in [3.05, 3.63) is 44.6 Å². The Balaban J connectivity index is 2.51. The summed E-state index contributed by atoms with van der Waals surface area (Å²) >= 11 is 4.96. The van der Waals surface area contributed by atoms with Crippen molar-refractivity contribution in [2.75, 3.05) is 7.11 Å². The van der Waals surface area contributed by atoms with E-state index in [-0.39, 0.29) is 11.8 Å². The van der Waals surface area contributed by atoms with E-state index in [0.29, 0.717) is 11.3 Å². The van der Waals surface area contributed by atoms with Gasteiger partial charge in [0.2, 0.25) is 0 Å². The Kier molecular flexibility index (Phi) is 3.71. The number of ether oxygens (including phenoxy) is 1.